The minimum atomic E-state index is 0.116. The molecule has 0 aromatic carbocycles. The van der Waals surface area contributed by atoms with E-state index in [9.17, 15) is 0 Å². The Balaban J connectivity index is 1.60. The van der Waals surface area contributed by atoms with Crippen LogP contribution in [0.15, 0.2) is 12.4 Å². The third kappa shape index (κ3) is 4.13. The Bertz CT molecular complexity index is 735. The second kappa shape index (κ2) is 8.01. The molecule has 3 heterocycles. The van der Waals surface area contributed by atoms with Crippen LogP contribution in [0.1, 0.15) is 16.8 Å². The summed E-state index contributed by atoms with van der Waals surface area (Å²) in [5, 5.41) is 13.5. The maximum atomic E-state index is 9.06. The molecular formula is C18H29N7O. The summed E-state index contributed by atoms with van der Waals surface area (Å²) in [4.78, 5) is 16.0. The average Bonchev–Trinajstić information content (AvgIpc) is 2.95. The highest BCUT2D eigenvalue weighted by atomic mass is 16.3. The molecule has 1 fully saturated rings. The number of piperazine rings is 1. The molecule has 0 atom stereocenters. The second-order valence-electron chi connectivity index (χ2n) is 7.06. The highest BCUT2D eigenvalue weighted by Gasteiger charge is 2.21. The van der Waals surface area contributed by atoms with Gasteiger partial charge in [-0.15, -0.1) is 0 Å². The van der Waals surface area contributed by atoms with Crippen LogP contribution in [0.25, 0.3) is 0 Å². The number of aliphatic hydroxyl groups is 1. The summed E-state index contributed by atoms with van der Waals surface area (Å²) < 4.78 is 1.82. The molecule has 0 aliphatic carbocycles. The molecule has 1 saturated heterocycles. The average molecular weight is 359 g/mol. The van der Waals surface area contributed by atoms with Crippen molar-refractivity contribution in [3.63, 3.8) is 0 Å². The minimum absolute atomic E-state index is 0.116. The zero-order chi connectivity index (χ0) is 18.7. The fourth-order valence-corrected chi connectivity index (χ4v) is 3.31. The van der Waals surface area contributed by atoms with E-state index >= 15 is 0 Å². The lowest BCUT2D eigenvalue weighted by atomic mass is 10.2. The van der Waals surface area contributed by atoms with Crippen molar-refractivity contribution in [2.24, 2.45) is 0 Å². The first-order valence-electron chi connectivity index (χ1n) is 9.10. The first-order valence-corrected chi connectivity index (χ1v) is 9.10. The van der Waals surface area contributed by atoms with Crippen molar-refractivity contribution in [1.29, 1.82) is 0 Å². The van der Waals surface area contributed by atoms with Gasteiger partial charge in [-0.2, -0.15) is 10.1 Å². The van der Waals surface area contributed by atoms with Gasteiger partial charge in [0.05, 0.1) is 18.8 Å². The number of aromatic nitrogens is 4. The van der Waals surface area contributed by atoms with E-state index in [4.69, 9.17) is 10.1 Å². The van der Waals surface area contributed by atoms with Crippen molar-refractivity contribution < 1.29 is 5.11 Å². The fourth-order valence-electron chi connectivity index (χ4n) is 3.31. The number of rotatable bonds is 6. The van der Waals surface area contributed by atoms with Crippen LogP contribution >= 0.6 is 0 Å². The summed E-state index contributed by atoms with van der Waals surface area (Å²) in [5.41, 5.74) is 3.36. The lowest BCUT2D eigenvalue weighted by Gasteiger charge is -2.35. The Labute approximate surface area is 155 Å². The molecule has 0 spiro atoms. The zero-order valence-electron chi connectivity index (χ0n) is 16.2. The third-order valence-corrected chi connectivity index (χ3v) is 4.78. The fraction of sp³-hybridized carbons (Fsp3) is 0.611. The Morgan fingerprint density at radius 3 is 2.54 bits per heavy atom. The SMILES string of the molecule is Cc1cnc(N2CCN(Cc3cn(CCO)nc3C)CC2)nc1N(C)C. The van der Waals surface area contributed by atoms with E-state index in [1.807, 2.05) is 49.9 Å². The molecule has 1 aliphatic heterocycles. The van der Waals surface area contributed by atoms with Crippen molar-refractivity contribution in [2.75, 3.05) is 56.7 Å². The molecule has 0 saturated carbocycles. The zero-order valence-corrected chi connectivity index (χ0v) is 16.2. The predicted molar refractivity (Wildman–Crippen MR) is 103 cm³/mol. The van der Waals surface area contributed by atoms with Gasteiger partial charge >= 0.3 is 0 Å². The number of nitrogens with zero attached hydrogens (tertiary/aromatic N) is 7. The van der Waals surface area contributed by atoms with Crippen LogP contribution in [0.3, 0.4) is 0 Å². The molecule has 8 heteroatoms. The number of anilines is 2. The van der Waals surface area contributed by atoms with Gasteiger partial charge in [0.25, 0.3) is 0 Å². The van der Waals surface area contributed by atoms with Crippen LogP contribution in [-0.2, 0) is 13.1 Å². The normalized spacial score (nSPS) is 15.5. The van der Waals surface area contributed by atoms with Gasteiger partial charge in [-0.25, -0.2) is 4.98 Å². The molecule has 8 nitrogen and oxygen atoms in total. The maximum absolute atomic E-state index is 9.06. The molecule has 142 valence electrons. The van der Waals surface area contributed by atoms with Gasteiger partial charge in [-0.05, 0) is 13.8 Å². The smallest absolute Gasteiger partial charge is 0.227 e. The number of aliphatic hydroxyl groups excluding tert-OH is 1. The maximum Gasteiger partial charge on any atom is 0.227 e. The van der Waals surface area contributed by atoms with E-state index in [-0.39, 0.29) is 6.61 Å². The largest absolute Gasteiger partial charge is 0.394 e. The van der Waals surface area contributed by atoms with Crippen molar-refractivity contribution in [1.82, 2.24) is 24.6 Å². The van der Waals surface area contributed by atoms with E-state index < -0.39 is 0 Å². The lowest BCUT2D eigenvalue weighted by Crippen LogP contribution is -2.46. The monoisotopic (exact) mass is 359 g/mol. The van der Waals surface area contributed by atoms with Crippen molar-refractivity contribution >= 4 is 11.8 Å². The standard InChI is InChI=1S/C18H29N7O/c1-14-11-19-18(20-17(14)22(3)4)24-7-5-23(6-8-24)12-16-13-25(9-10-26)21-15(16)2/h11,13,26H,5-10,12H2,1-4H3. The van der Waals surface area contributed by atoms with Gasteiger partial charge in [-0.3, -0.25) is 9.58 Å². The highest BCUT2D eigenvalue weighted by molar-refractivity contribution is 5.48. The summed E-state index contributed by atoms with van der Waals surface area (Å²) in [7, 11) is 4.02. The first-order chi connectivity index (χ1) is 12.5. The Kier molecular flexibility index (Phi) is 5.73. The molecule has 3 rings (SSSR count). The van der Waals surface area contributed by atoms with Crippen molar-refractivity contribution in [3.05, 3.63) is 29.2 Å². The molecule has 1 N–H and O–H groups in total. The van der Waals surface area contributed by atoms with Crippen LogP contribution in [-0.4, -0.2) is 76.6 Å². The molecule has 2 aromatic heterocycles. The second-order valence-corrected chi connectivity index (χ2v) is 7.06. The summed E-state index contributed by atoms with van der Waals surface area (Å²) >= 11 is 0. The Hall–Kier alpha value is -2.19. The van der Waals surface area contributed by atoms with Gasteiger partial charge in [0.1, 0.15) is 5.82 Å². The van der Waals surface area contributed by atoms with Gasteiger partial charge in [0.2, 0.25) is 5.95 Å². The van der Waals surface area contributed by atoms with Crippen LogP contribution in [0.4, 0.5) is 11.8 Å². The van der Waals surface area contributed by atoms with Crippen LogP contribution in [0.2, 0.25) is 0 Å². The predicted octanol–water partition coefficient (Wildman–Crippen LogP) is 0.670. The van der Waals surface area contributed by atoms with Gasteiger partial charge in [0.15, 0.2) is 0 Å². The van der Waals surface area contributed by atoms with Crippen molar-refractivity contribution in [3.8, 4) is 0 Å². The Morgan fingerprint density at radius 1 is 1.15 bits per heavy atom. The summed E-state index contributed by atoms with van der Waals surface area (Å²) in [5.74, 6) is 1.79. The minimum Gasteiger partial charge on any atom is -0.394 e. The van der Waals surface area contributed by atoms with Crippen LogP contribution in [0, 0.1) is 13.8 Å². The molecule has 1 aliphatic rings. The van der Waals surface area contributed by atoms with E-state index in [1.165, 1.54) is 5.56 Å². The molecular weight excluding hydrogens is 330 g/mol. The van der Waals surface area contributed by atoms with Gasteiger partial charge in [-0.1, -0.05) is 0 Å². The molecule has 26 heavy (non-hydrogen) atoms. The van der Waals surface area contributed by atoms with Crippen molar-refractivity contribution in [2.45, 2.75) is 26.9 Å². The van der Waals surface area contributed by atoms with E-state index in [2.05, 4.69) is 19.9 Å². The quantitative estimate of drug-likeness (QED) is 0.813. The van der Waals surface area contributed by atoms with E-state index in [1.54, 1.807) is 0 Å². The molecule has 0 radical (unpaired) electrons. The first kappa shape index (κ1) is 18.6. The summed E-state index contributed by atoms with van der Waals surface area (Å²) in [6.45, 7) is 9.40. The molecule has 0 bridgehead atoms. The number of hydrogen-bond donors (Lipinski definition) is 1. The topological polar surface area (TPSA) is 73.5 Å². The Morgan fingerprint density at radius 2 is 1.88 bits per heavy atom. The van der Waals surface area contributed by atoms with Gasteiger partial charge in [0, 0.05) is 70.3 Å². The molecule has 0 unspecified atom stereocenters. The van der Waals surface area contributed by atoms with Crippen LogP contribution < -0.4 is 9.80 Å². The van der Waals surface area contributed by atoms with Gasteiger partial charge < -0.3 is 14.9 Å². The number of hydrogen-bond acceptors (Lipinski definition) is 7. The lowest BCUT2D eigenvalue weighted by molar-refractivity contribution is 0.248. The summed E-state index contributed by atoms with van der Waals surface area (Å²) in [6.07, 6.45) is 3.95. The number of aryl methyl sites for hydroxylation is 2. The summed E-state index contributed by atoms with van der Waals surface area (Å²) in [6, 6.07) is 0. The van der Waals surface area contributed by atoms with E-state index in [0.29, 0.717) is 6.54 Å². The highest BCUT2D eigenvalue weighted by Crippen LogP contribution is 2.19. The van der Waals surface area contributed by atoms with Crippen LogP contribution in [0.5, 0.6) is 0 Å². The van der Waals surface area contributed by atoms with E-state index in [0.717, 1.165) is 55.7 Å². The molecule has 0 amide bonds. The molecule has 2 aromatic rings. The third-order valence-electron chi connectivity index (χ3n) is 4.78.